The fourth-order valence-corrected chi connectivity index (χ4v) is 3.93. The number of nitrogens with one attached hydrogen (secondary N) is 2. The van der Waals surface area contributed by atoms with E-state index in [0.717, 1.165) is 56.2 Å². The van der Waals surface area contributed by atoms with Crippen LogP contribution in [0, 0.1) is 6.92 Å². The Morgan fingerprint density at radius 2 is 2.16 bits per heavy atom. The lowest BCUT2D eigenvalue weighted by Gasteiger charge is -2.36. The Balaban J connectivity index is 1.51. The molecule has 0 spiro atoms. The van der Waals surface area contributed by atoms with E-state index in [1.54, 1.807) is 6.07 Å². The van der Waals surface area contributed by atoms with Crippen molar-refractivity contribution in [2.24, 2.45) is 0 Å². The second-order valence-corrected chi connectivity index (χ2v) is 6.90. The molecule has 1 aliphatic carbocycles. The topological polar surface area (TPSA) is 86.8 Å². The van der Waals surface area contributed by atoms with E-state index in [0.29, 0.717) is 6.04 Å². The molecule has 0 aromatic carbocycles. The van der Waals surface area contributed by atoms with E-state index in [9.17, 15) is 4.79 Å². The highest BCUT2D eigenvalue weighted by Crippen LogP contribution is 2.27. The SMILES string of the molecule is Cc1nc2c(c(NCC3CCCCN3c3ccc(=O)[nH]n3)n1)CCC2. The Morgan fingerprint density at radius 3 is 3.00 bits per heavy atom. The minimum absolute atomic E-state index is 0.164. The molecule has 0 bridgehead atoms. The Labute approximate surface area is 146 Å². The molecule has 1 saturated heterocycles. The Hall–Kier alpha value is -2.44. The highest BCUT2D eigenvalue weighted by atomic mass is 16.1. The number of aromatic amines is 1. The quantitative estimate of drug-likeness (QED) is 0.883. The smallest absolute Gasteiger partial charge is 0.264 e. The molecular formula is C18H24N6O. The van der Waals surface area contributed by atoms with Crippen molar-refractivity contribution in [2.75, 3.05) is 23.3 Å². The number of piperidine rings is 1. The number of hydrogen-bond donors (Lipinski definition) is 2. The zero-order chi connectivity index (χ0) is 17.2. The van der Waals surface area contributed by atoms with Gasteiger partial charge in [-0.05, 0) is 51.5 Å². The van der Waals surface area contributed by atoms with Crippen molar-refractivity contribution < 1.29 is 0 Å². The highest BCUT2D eigenvalue weighted by Gasteiger charge is 2.25. The summed E-state index contributed by atoms with van der Waals surface area (Å²) < 4.78 is 0. The third-order valence-corrected chi connectivity index (χ3v) is 5.14. The first-order valence-electron chi connectivity index (χ1n) is 9.13. The molecule has 25 heavy (non-hydrogen) atoms. The molecule has 2 aromatic rings. The first-order chi connectivity index (χ1) is 12.2. The van der Waals surface area contributed by atoms with Gasteiger partial charge in [0.15, 0.2) is 0 Å². The summed E-state index contributed by atoms with van der Waals surface area (Å²) in [5.41, 5.74) is 2.33. The fourth-order valence-electron chi connectivity index (χ4n) is 3.93. The first kappa shape index (κ1) is 16.1. The van der Waals surface area contributed by atoms with Crippen LogP contribution in [-0.4, -0.2) is 39.3 Å². The Bertz CT molecular complexity index is 797. The van der Waals surface area contributed by atoms with Crippen LogP contribution < -0.4 is 15.8 Å². The molecule has 1 aliphatic heterocycles. The summed E-state index contributed by atoms with van der Waals surface area (Å²) in [6, 6.07) is 3.70. The molecule has 132 valence electrons. The van der Waals surface area contributed by atoms with E-state index in [-0.39, 0.29) is 5.56 Å². The molecular weight excluding hydrogens is 316 g/mol. The first-order valence-corrected chi connectivity index (χ1v) is 9.13. The van der Waals surface area contributed by atoms with Gasteiger partial charge in [0.25, 0.3) is 5.56 Å². The zero-order valence-corrected chi connectivity index (χ0v) is 14.6. The lowest BCUT2D eigenvalue weighted by Crippen LogP contribution is -2.44. The van der Waals surface area contributed by atoms with Crippen molar-refractivity contribution in [3.05, 3.63) is 39.6 Å². The number of hydrogen-bond acceptors (Lipinski definition) is 6. The van der Waals surface area contributed by atoms with Gasteiger partial charge in [-0.25, -0.2) is 15.1 Å². The van der Waals surface area contributed by atoms with E-state index in [1.165, 1.54) is 24.1 Å². The van der Waals surface area contributed by atoms with Crippen molar-refractivity contribution in [3.63, 3.8) is 0 Å². The number of rotatable bonds is 4. The molecule has 1 atom stereocenters. The van der Waals surface area contributed by atoms with Crippen LogP contribution in [0.5, 0.6) is 0 Å². The summed E-state index contributed by atoms with van der Waals surface area (Å²) in [7, 11) is 0. The van der Waals surface area contributed by atoms with E-state index >= 15 is 0 Å². The summed E-state index contributed by atoms with van der Waals surface area (Å²) >= 11 is 0. The lowest BCUT2D eigenvalue weighted by molar-refractivity contribution is 0.467. The molecule has 0 radical (unpaired) electrons. The predicted octanol–water partition coefficient (Wildman–Crippen LogP) is 1.83. The van der Waals surface area contributed by atoms with Gasteiger partial charge in [-0.3, -0.25) is 4.79 Å². The highest BCUT2D eigenvalue weighted by molar-refractivity contribution is 5.49. The maximum absolute atomic E-state index is 11.3. The number of H-pyrrole nitrogens is 1. The second-order valence-electron chi connectivity index (χ2n) is 6.90. The molecule has 0 amide bonds. The summed E-state index contributed by atoms with van der Waals surface area (Å²) in [5, 5.41) is 10.3. The van der Waals surface area contributed by atoms with Crippen molar-refractivity contribution >= 4 is 11.6 Å². The molecule has 1 unspecified atom stereocenters. The largest absolute Gasteiger partial charge is 0.368 e. The standard InChI is InChI=1S/C18H24N6O/c1-12-20-15-7-4-6-14(15)18(21-12)19-11-13-5-2-3-10-24(13)16-8-9-17(25)23-22-16/h8-9,13H,2-7,10-11H2,1H3,(H,23,25)(H,19,20,21). The number of aryl methyl sites for hydroxylation is 2. The molecule has 2 aliphatic rings. The summed E-state index contributed by atoms with van der Waals surface area (Å²) in [5.74, 6) is 2.68. The predicted molar refractivity (Wildman–Crippen MR) is 97.1 cm³/mol. The minimum Gasteiger partial charge on any atom is -0.368 e. The molecule has 1 fully saturated rings. The maximum Gasteiger partial charge on any atom is 0.264 e. The van der Waals surface area contributed by atoms with Crippen LogP contribution in [0.2, 0.25) is 0 Å². The third-order valence-electron chi connectivity index (χ3n) is 5.14. The molecule has 7 nitrogen and oxygen atoms in total. The second kappa shape index (κ2) is 6.82. The number of nitrogens with zero attached hydrogens (tertiary/aromatic N) is 4. The van der Waals surface area contributed by atoms with Crippen LogP contribution in [0.4, 0.5) is 11.6 Å². The van der Waals surface area contributed by atoms with Gasteiger partial charge in [0, 0.05) is 36.5 Å². The fraction of sp³-hybridized carbons (Fsp3) is 0.556. The normalized spacial score (nSPS) is 19.7. The summed E-state index contributed by atoms with van der Waals surface area (Å²) in [4.78, 5) is 22.8. The molecule has 3 heterocycles. The monoisotopic (exact) mass is 340 g/mol. The van der Waals surface area contributed by atoms with Crippen LogP contribution in [0.25, 0.3) is 0 Å². The molecule has 2 N–H and O–H groups in total. The van der Waals surface area contributed by atoms with Crippen molar-refractivity contribution in [3.8, 4) is 0 Å². The average molecular weight is 340 g/mol. The number of anilines is 2. The van der Waals surface area contributed by atoms with Crippen LogP contribution in [0.1, 0.15) is 42.8 Å². The van der Waals surface area contributed by atoms with Gasteiger partial charge in [-0.2, -0.15) is 5.10 Å². The van der Waals surface area contributed by atoms with Gasteiger partial charge in [0.2, 0.25) is 0 Å². The lowest BCUT2D eigenvalue weighted by atomic mass is 10.0. The van der Waals surface area contributed by atoms with E-state index in [1.807, 2.05) is 13.0 Å². The van der Waals surface area contributed by atoms with Crippen molar-refractivity contribution in [1.82, 2.24) is 20.2 Å². The van der Waals surface area contributed by atoms with Gasteiger partial charge in [0.05, 0.1) is 0 Å². The third kappa shape index (κ3) is 3.36. The number of aromatic nitrogens is 4. The van der Waals surface area contributed by atoms with E-state index < -0.39 is 0 Å². The van der Waals surface area contributed by atoms with E-state index in [4.69, 9.17) is 0 Å². The van der Waals surface area contributed by atoms with E-state index in [2.05, 4.69) is 30.4 Å². The van der Waals surface area contributed by atoms with Gasteiger partial charge >= 0.3 is 0 Å². The van der Waals surface area contributed by atoms with Crippen LogP contribution in [0.3, 0.4) is 0 Å². The average Bonchev–Trinajstić information content (AvgIpc) is 3.09. The Morgan fingerprint density at radius 1 is 1.24 bits per heavy atom. The molecule has 2 aromatic heterocycles. The van der Waals surface area contributed by atoms with Crippen LogP contribution in [0.15, 0.2) is 16.9 Å². The van der Waals surface area contributed by atoms with Gasteiger partial charge in [0.1, 0.15) is 17.5 Å². The molecule has 0 saturated carbocycles. The van der Waals surface area contributed by atoms with Gasteiger partial charge < -0.3 is 10.2 Å². The van der Waals surface area contributed by atoms with Crippen LogP contribution in [-0.2, 0) is 12.8 Å². The van der Waals surface area contributed by atoms with Crippen molar-refractivity contribution in [2.45, 2.75) is 51.5 Å². The summed E-state index contributed by atoms with van der Waals surface area (Å²) in [6.45, 7) is 3.75. The maximum atomic E-state index is 11.3. The van der Waals surface area contributed by atoms with Gasteiger partial charge in [-0.1, -0.05) is 0 Å². The molecule has 4 rings (SSSR count). The zero-order valence-electron chi connectivity index (χ0n) is 14.6. The number of fused-ring (bicyclic) bond motifs is 1. The summed E-state index contributed by atoms with van der Waals surface area (Å²) in [6.07, 6.45) is 6.77. The molecule has 7 heteroatoms. The van der Waals surface area contributed by atoms with Crippen molar-refractivity contribution in [1.29, 1.82) is 0 Å². The van der Waals surface area contributed by atoms with Crippen LogP contribution >= 0.6 is 0 Å². The minimum atomic E-state index is -0.164. The Kier molecular flexibility index (Phi) is 4.38. The van der Waals surface area contributed by atoms with Gasteiger partial charge in [-0.15, -0.1) is 0 Å².